The predicted molar refractivity (Wildman–Crippen MR) is 118 cm³/mol. The van der Waals surface area contributed by atoms with Gasteiger partial charge in [-0.25, -0.2) is 0 Å². The number of aliphatic hydroxyl groups is 1. The van der Waals surface area contributed by atoms with Crippen LogP contribution >= 0.6 is 0 Å². The molecule has 5 atom stereocenters. The number of esters is 1. The summed E-state index contributed by atoms with van der Waals surface area (Å²) in [5.74, 6) is 1.12. The molecule has 160 valence electrons. The quantitative estimate of drug-likeness (QED) is 0.567. The Kier molecular flexibility index (Phi) is 5.94. The van der Waals surface area contributed by atoms with Crippen molar-refractivity contribution in [3.05, 3.63) is 53.2 Å². The summed E-state index contributed by atoms with van der Waals surface area (Å²) in [7, 11) is 0. The zero-order chi connectivity index (χ0) is 21.4. The van der Waals surface area contributed by atoms with Gasteiger partial charge < -0.3 is 9.84 Å². The maximum absolute atomic E-state index is 12.0. The molecule has 2 fully saturated rings. The van der Waals surface area contributed by atoms with Crippen molar-refractivity contribution in [3.63, 3.8) is 0 Å². The molecule has 1 saturated carbocycles. The van der Waals surface area contributed by atoms with Gasteiger partial charge in [-0.1, -0.05) is 17.7 Å². The third kappa shape index (κ3) is 3.65. The van der Waals surface area contributed by atoms with Gasteiger partial charge in [-0.2, -0.15) is 0 Å². The van der Waals surface area contributed by atoms with Crippen molar-refractivity contribution in [2.24, 2.45) is 11.8 Å². The fraction of sp³-hybridized carbons (Fsp3) is 0.520. The summed E-state index contributed by atoms with van der Waals surface area (Å²) < 4.78 is 5.91. The van der Waals surface area contributed by atoms with Gasteiger partial charge >= 0.3 is 5.97 Å². The molecule has 2 unspecified atom stereocenters. The van der Waals surface area contributed by atoms with Crippen molar-refractivity contribution < 1.29 is 14.6 Å². The molecule has 4 rings (SSSR count). The Labute approximate surface area is 178 Å². The average molecular weight is 409 g/mol. The SMILES string of the molecule is C/C=C(\C)[C@@H]1CC2[C@H]1CCN2C(C)[C@H](OC(C)=O)c1ccnc2ccc(CO)cc12. The van der Waals surface area contributed by atoms with E-state index < -0.39 is 0 Å². The number of aromatic nitrogens is 1. The van der Waals surface area contributed by atoms with Crippen molar-refractivity contribution in [1.82, 2.24) is 9.88 Å². The number of rotatable bonds is 6. The van der Waals surface area contributed by atoms with Gasteiger partial charge in [0.1, 0.15) is 6.10 Å². The number of ether oxygens (including phenoxy) is 1. The first kappa shape index (κ1) is 21.0. The second-order valence-electron chi connectivity index (χ2n) is 8.81. The molecule has 1 N–H and O–H groups in total. The lowest BCUT2D eigenvalue weighted by Gasteiger charge is -2.47. The van der Waals surface area contributed by atoms with E-state index in [1.807, 2.05) is 24.3 Å². The van der Waals surface area contributed by atoms with Crippen LogP contribution in [0.5, 0.6) is 0 Å². The Morgan fingerprint density at radius 3 is 2.87 bits per heavy atom. The normalized spacial score (nSPS) is 26.2. The van der Waals surface area contributed by atoms with Gasteiger partial charge in [-0.3, -0.25) is 14.7 Å². The van der Waals surface area contributed by atoms with Gasteiger partial charge in [0.05, 0.1) is 12.1 Å². The maximum atomic E-state index is 12.0. The van der Waals surface area contributed by atoms with Gasteiger partial charge in [-0.15, -0.1) is 0 Å². The summed E-state index contributed by atoms with van der Waals surface area (Å²) in [5.41, 5.74) is 4.14. The van der Waals surface area contributed by atoms with Crippen LogP contribution in [0.3, 0.4) is 0 Å². The Hall–Kier alpha value is -2.24. The molecule has 2 aromatic rings. The number of likely N-dealkylation sites (tertiary alicyclic amines) is 1. The van der Waals surface area contributed by atoms with E-state index in [1.54, 1.807) is 6.20 Å². The summed E-state index contributed by atoms with van der Waals surface area (Å²) in [6, 6.07) is 8.34. The number of carbonyl (C=O) groups is 1. The monoisotopic (exact) mass is 408 g/mol. The Morgan fingerprint density at radius 2 is 2.17 bits per heavy atom. The van der Waals surface area contributed by atoms with E-state index in [0.29, 0.717) is 17.9 Å². The highest BCUT2D eigenvalue weighted by atomic mass is 16.5. The molecule has 30 heavy (non-hydrogen) atoms. The summed E-state index contributed by atoms with van der Waals surface area (Å²) >= 11 is 0. The van der Waals surface area contributed by atoms with Crippen LogP contribution in [0.4, 0.5) is 0 Å². The number of hydrogen-bond acceptors (Lipinski definition) is 5. The van der Waals surface area contributed by atoms with Crippen LogP contribution < -0.4 is 0 Å². The molecule has 2 aliphatic rings. The van der Waals surface area contributed by atoms with Gasteiger partial charge in [0.15, 0.2) is 0 Å². The highest BCUT2D eigenvalue weighted by Gasteiger charge is 2.50. The van der Waals surface area contributed by atoms with Gasteiger partial charge in [-0.05, 0) is 75.8 Å². The minimum Gasteiger partial charge on any atom is -0.456 e. The Morgan fingerprint density at radius 1 is 1.37 bits per heavy atom. The number of fused-ring (bicyclic) bond motifs is 2. The molecular weight excluding hydrogens is 376 g/mol. The molecule has 0 bridgehead atoms. The molecule has 2 heterocycles. The second kappa shape index (κ2) is 8.48. The zero-order valence-electron chi connectivity index (χ0n) is 18.3. The molecule has 0 spiro atoms. The lowest BCUT2D eigenvalue weighted by Crippen LogP contribution is -2.51. The summed E-state index contributed by atoms with van der Waals surface area (Å²) in [5, 5.41) is 10.5. The topological polar surface area (TPSA) is 62.7 Å². The minimum atomic E-state index is -0.373. The number of aliphatic hydroxyl groups excluding tert-OH is 1. The fourth-order valence-electron chi connectivity index (χ4n) is 5.50. The van der Waals surface area contributed by atoms with Crippen molar-refractivity contribution in [2.45, 2.75) is 65.3 Å². The van der Waals surface area contributed by atoms with Crippen LogP contribution in [0.1, 0.15) is 57.8 Å². The van der Waals surface area contributed by atoms with Gasteiger partial charge in [0.25, 0.3) is 0 Å². The first-order valence-corrected chi connectivity index (χ1v) is 11.0. The molecule has 0 amide bonds. The molecular formula is C25H32N2O3. The van der Waals surface area contributed by atoms with Crippen molar-refractivity contribution >= 4 is 16.9 Å². The molecule has 0 radical (unpaired) electrons. The third-order valence-electron chi connectivity index (χ3n) is 7.28. The number of carbonyl (C=O) groups excluding carboxylic acids is 1. The van der Waals surface area contributed by atoms with Crippen LogP contribution in [0.15, 0.2) is 42.1 Å². The van der Waals surface area contributed by atoms with Crippen LogP contribution in [0.25, 0.3) is 10.9 Å². The van der Waals surface area contributed by atoms with Crippen molar-refractivity contribution in [1.29, 1.82) is 0 Å². The Balaban J connectivity index is 1.66. The van der Waals surface area contributed by atoms with E-state index in [4.69, 9.17) is 4.74 Å². The summed E-state index contributed by atoms with van der Waals surface area (Å²) in [6.45, 7) is 9.03. The van der Waals surface area contributed by atoms with E-state index in [-0.39, 0.29) is 24.7 Å². The standard InChI is InChI=1S/C25H32N2O3/c1-5-15(2)21-13-24-19(21)9-11-27(24)16(3)25(30-17(4)29)20-8-10-26-23-7-6-18(14-28)12-22(20)23/h5-8,10,12,16,19,21,24-25,28H,9,11,13-14H2,1-4H3/b15-5+/t16?,19-,21-,24?,25-/m0/s1. The van der Waals surface area contributed by atoms with Gasteiger partial charge in [0.2, 0.25) is 0 Å². The molecule has 5 nitrogen and oxygen atoms in total. The van der Waals surface area contributed by atoms with E-state index in [2.05, 4.69) is 36.7 Å². The predicted octanol–water partition coefficient (Wildman–Crippen LogP) is 4.40. The lowest BCUT2D eigenvalue weighted by atomic mass is 9.66. The number of pyridine rings is 1. The summed E-state index contributed by atoms with van der Waals surface area (Å²) in [4.78, 5) is 19.1. The molecule has 1 aromatic carbocycles. The van der Waals surface area contributed by atoms with Crippen molar-refractivity contribution in [2.75, 3.05) is 6.54 Å². The number of benzene rings is 1. The summed E-state index contributed by atoms with van der Waals surface area (Å²) in [6.07, 6.45) is 6.03. The highest BCUT2D eigenvalue weighted by Crippen LogP contribution is 2.50. The average Bonchev–Trinajstić information content (AvgIpc) is 3.06. The molecule has 1 aliphatic carbocycles. The first-order chi connectivity index (χ1) is 14.4. The Bertz CT molecular complexity index is 970. The molecule has 1 aliphatic heterocycles. The zero-order valence-corrected chi connectivity index (χ0v) is 18.3. The fourth-order valence-corrected chi connectivity index (χ4v) is 5.50. The molecule has 1 aromatic heterocycles. The molecule has 1 saturated heterocycles. The van der Waals surface area contributed by atoms with E-state index in [9.17, 15) is 9.90 Å². The molecule has 5 heteroatoms. The number of allylic oxidation sites excluding steroid dienone is 2. The van der Waals surface area contributed by atoms with Gasteiger partial charge in [0, 0.05) is 36.2 Å². The smallest absolute Gasteiger partial charge is 0.303 e. The highest BCUT2D eigenvalue weighted by molar-refractivity contribution is 5.83. The first-order valence-electron chi connectivity index (χ1n) is 11.0. The van der Waals surface area contributed by atoms with Crippen LogP contribution in [0, 0.1) is 11.8 Å². The number of nitrogens with zero attached hydrogens (tertiary/aromatic N) is 2. The van der Waals surface area contributed by atoms with E-state index in [0.717, 1.165) is 28.6 Å². The van der Waals surface area contributed by atoms with Crippen molar-refractivity contribution in [3.8, 4) is 0 Å². The van der Waals surface area contributed by atoms with Crippen LogP contribution in [-0.2, 0) is 16.1 Å². The largest absolute Gasteiger partial charge is 0.456 e. The third-order valence-corrected chi connectivity index (χ3v) is 7.28. The minimum absolute atomic E-state index is 0.0281. The lowest BCUT2D eigenvalue weighted by molar-refractivity contribution is -0.151. The second-order valence-corrected chi connectivity index (χ2v) is 8.81. The maximum Gasteiger partial charge on any atom is 0.303 e. The van der Waals surface area contributed by atoms with E-state index >= 15 is 0 Å². The van der Waals surface area contributed by atoms with Crippen LogP contribution in [0.2, 0.25) is 0 Å². The number of hydrogen-bond donors (Lipinski definition) is 1. The van der Waals surface area contributed by atoms with E-state index in [1.165, 1.54) is 25.3 Å². The van der Waals surface area contributed by atoms with Crippen LogP contribution in [-0.4, -0.2) is 39.6 Å².